The summed E-state index contributed by atoms with van der Waals surface area (Å²) in [6.07, 6.45) is 2.59. The van der Waals surface area contributed by atoms with Crippen molar-refractivity contribution in [3.8, 4) is 11.2 Å². The highest BCUT2D eigenvalue weighted by Gasteiger charge is 2.29. The number of imidazole rings is 1. The van der Waals surface area contributed by atoms with Gasteiger partial charge in [0.1, 0.15) is 5.82 Å². The molecule has 0 amide bonds. The average molecular weight is 428 g/mol. The number of aryl methyl sites for hydroxylation is 1. The fraction of sp³-hybridized carbons (Fsp3) is 0.500. The van der Waals surface area contributed by atoms with E-state index in [1.807, 2.05) is 27.7 Å². The highest BCUT2D eigenvalue weighted by atomic mass is 127. The second-order valence-corrected chi connectivity index (χ2v) is 6.18. The molecule has 2 aromatic rings. The number of nitrogens with zero attached hydrogens (tertiary/aromatic N) is 2. The quantitative estimate of drug-likeness (QED) is 0.408. The second-order valence-electron chi connectivity index (χ2n) is 4.50. The first-order valence-corrected chi connectivity index (χ1v) is 11.5. The highest BCUT2D eigenvalue weighted by molar-refractivity contribution is 14.2. The summed E-state index contributed by atoms with van der Waals surface area (Å²) in [4.78, 5) is 4.80. The smallest absolute Gasteiger partial charge is 0.112 e. The minimum absolute atomic E-state index is 0.691. The Balaban J connectivity index is 0.000000561. The standard InChI is InChI=1S/C14H13IN2S.2C2H6/c1-2-17-13-6-3-10(7-8-18-15)9-12(13)16-14(17)11-4-5-11;2*1-2/h3,6,9,11H,2,4-5H2,1H3;2*1-2H3. The summed E-state index contributed by atoms with van der Waals surface area (Å²) in [5.41, 5.74) is 3.38. The van der Waals surface area contributed by atoms with Gasteiger partial charge in [0.25, 0.3) is 0 Å². The lowest BCUT2D eigenvalue weighted by Crippen LogP contribution is -1.99. The first-order chi connectivity index (χ1) is 10.8. The predicted octanol–water partition coefficient (Wildman–Crippen LogP) is 6.38. The molecule has 1 fully saturated rings. The van der Waals surface area contributed by atoms with Crippen molar-refractivity contribution in [3.63, 3.8) is 0 Å². The molecule has 3 rings (SSSR count). The molecule has 0 spiro atoms. The fourth-order valence-electron chi connectivity index (χ4n) is 2.29. The molecule has 1 aromatic heterocycles. The largest absolute Gasteiger partial charge is 0.328 e. The molecule has 0 bridgehead atoms. The van der Waals surface area contributed by atoms with Crippen LogP contribution in [-0.2, 0) is 6.54 Å². The number of benzene rings is 1. The Labute approximate surface area is 151 Å². The van der Waals surface area contributed by atoms with Crippen LogP contribution in [0.4, 0.5) is 0 Å². The Morgan fingerprint density at radius 3 is 2.50 bits per heavy atom. The Kier molecular flexibility index (Phi) is 8.96. The summed E-state index contributed by atoms with van der Waals surface area (Å²) in [6, 6.07) is 6.35. The molecule has 120 valence electrons. The van der Waals surface area contributed by atoms with Crippen LogP contribution in [0.25, 0.3) is 11.0 Å². The fourth-order valence-corrected chi connectivity index (χ4v) is 2.78. The third-order valence-corrected chi connectivity index (χ3v) is 4.11. The van der Waals surface area contributed by atoms with E-state index in [4.69, 9.17) is 4.98 Å². The molecule has 22 heavy (non-hydrogen) atoms. The maximum absolute atomic E-state index is 4.80. The van der Waals surface area contributed by atoms with Crippen molar-refractivity contribution >= 4 is 41.2 Å². The zero-order valence-corrected chi connectivity index (χ0v) is 17.1. The van der Waals surface area contributed by atoms with Crippen LogP contribution in [0.1, 0.15) is 64.8 Å². The Morgan fingerprint density at radius 1 is 1.27 bits per heavy atom. The van der Waals surface area contributed by atoms with Crippen molar-refractivity contribution in [1.29, 1.82) is 0 Å². The number of aromatic nitrogens is 2. The second kappa shape index (κ2) is 10.2. The molecule has 2 nitrogen and oxygen atoms in total. The van der Waals surface area contributed by atoms with Gasteiger partial charge in [0.2, 0.25) is 0 Å². The van der Waals surface area contributed by atoms with Crippen LogP contribution < -0.4 is 0 Å². The monoisotopic (exact) mass is 428 g/mol. The zero-order valence-electron chi connectivity index (χ0n) is 14.1. The molecule has 1 heterocycles. The maximum Gasteiger partial charge on any atom is 0.112 e. The maximum atomic E-state index is 4.80. The molecule has 0 saturated heterocycles. The van der Waals surface area contributed by atoms with Gasteiger partial charge in [0, 0.05) is 39.2 Å². The topological polar surface area (TPSA) is 17.8 Å². The van der Waals surface area contributed by atoms with E-state index >= 15 is 0 Å². The third-order valence-electron chi connectivity index (χ3n) is 3.27. The normalized spacial score (nSPS) is 12.5. The summed E-state index contributed by atoms with van der Waals surface area (Å²) in [5, 5.41) is 3.02. The van der Waals surface area contributed by atoms with E-state index in [-0.39, 0.29) is 0 Å². The molecule has 0 aliphatic heterocycles. The first kappa shape index (κ1) is 19.4. The molecule has 1 aliphatic carbocycles. The van der Waals surface area contributed by atoms with Crippen LogP contribution in [0.15, 0.2) is 18.2 Å². The molecular weight excluding hydrogens is 403 g/mol. The van der Waals surface area contributed by atoms with Gasteiger partial charge < -0.3 is 4.57 Å². The molecule has 4 heteroatoms. The number of fused-ring (bicyclic) bond motifs is 1. The summed E-state index contributed by atoms with van der Waals surface area (Å²) in [5.74, 6) is 5.09. The number of rotatable bonds is 2. The van der Waals surface area contributed by atoms with E-state index in [0.29, 0.717) is 5.92 Å². The SMILES string of the molecule is CC.CC.CCn1c(C2CC2)nc2cc(C#CSI)ccc21. The molecular formula is C18H25IN2S. The molecule has 0 atom stereocenters. The van der Waals surface area contributed by atoms with Gasteiger partial charge in [-0.05, 0) is 52.2 Å². The molecule has 0 N–H and O–H groups in total. The van der Waals surface area contributed by atoms with Gasteiger partial charge in [-0.3, -0.25) is 0 Å². The van der Waals surface area contributed by atoms with Crippen molar-refractivity contribution in [2.75, 3.05) is 0 Å². The number of halogens is 1. The predicted molar refractivity (Wildman–Crippen MR) is 109 cm³/mol. The van der Waals surface area contributed by atoms with Gasteiger partial charge in [-0.25, -0.2) is 4.98 Å². The van der Waals surface area contributed by atoms with Crippen LogP contribution in [0.5, 0.6) is 0 Å². The van der Waals surface area contributed by atoms with Crippen molar-refractivity contribution in [3.05, 3.63) is 29.6 Å². The number of hydrogen-bond donors (Lipinski definition) is 0. The van der Waals surface area contributed by atoms with E-state index < -0.39 is 0 Å². The molecule has 1 aromatic carbocycles. The van der Waals surface area contributed by atoms with Crippen molar-refractivity contribution in [2.45, 2.75) is 59.9 Å². The van der Waals surface area contributed by atoms with E-state index in [0.717, 1.165) is 17.6 Å². The minimum atomic E-state index is 0.691. The number of hydrogen-bond acceptors (Lipinski definition) is 2. The Morgan fingerprint density at radius 2 is 1.95 bits per heavy atom. The lowest BCUT2D eigenvalue weighted by atomic mass is 10.2. The third kappa shape index (κ3) is 4.66. The van der Waals surface area contributed by atoms with Gasteiger partial charge in [-0.2, -0.15) is 0 Å². The summed E-state index contributed by atoms with van der Waals surface area (Å²) in [7, 11) is 1.51. The summed E-state index contributed by atoms with van der Waals surface area (Å²) < 4.78 is 2.34. The lowest BCUT2D eigenvalue weighted by molar-refractivity contribution is 0.720. The van der Waals surface area contributed by atoms with Crippen molar-refractivity contribution in [2.24, 2.45) is 0 Å². The highest BCUT2D eigenvalue weighted by Crippen LogP contribution is 2.40. The van der Waals surface area contributed by atoms with Crippen LogP contribution in [0, 0.1) is 11.2 Å². The van der Waals surface area contributed by atoms with Gasteiger partial charge in [0.15, 0.2) is 0 Å². The van der Waals surface area contributed by atoms with E-state index in [1.54, 1.807) is 0 Å². The van der Waals surface area contributed by atoms with Gasteiger partial charge in [-0.15, -0.1) is 0 Å². The molecule has 1 aliphatic rings. The van der Waals surface area contributed by atoms with Crippen LogP contribution in [-0.4, -0.2) is 9.55 Å². The molecule has 0 unspecified atom stereocenters. The van der Waals surface area contributed by atoms with E-state index in [2.05, 4.69) is 62.1 Å². The van der Waals surface area contributed by atoms with Crippen molar-refractivity contribution < 1.29 is 0 Å². The van der Waals surface area contributed by atoms with Gasteiger partial charge in [0.05, 0.1) is 11.0 Å². The van der Waals surface area contributed by atoms with Crippen LogP contribution in [0.2, 0.25) is 0 Å². The van der Waals surface area contributed by atoms with Crippen LogP contribution >= 0.6 is 30.1 Å². The minimum Gasteiger partial charge on any atom is -0.328 e. The van der Waals surface area contributed by atoms with E-state index in [1.165, 1.54) is 33.1 Å². The Hall–Kier alpha value is -0.670. The average Bonchev–Trinajstić information content (AvgIpc) is 3.37. The summed E-state index contributed by atoms with van der Waals surface area (Å²) in [6.45, 7) is 11.2. The van der Waals surface area contributed by atoms with Gasteiger partial charge in [-0.1, -0.05) is 33.6 Å². The van der Waals surface area contributed by atoms with Crippen LogP contribution in [0.3, 0.4) is 0 Å². The zero-order chi connectivity index (χ0) is 16.5. The van der Waals surface area contributed by atoms with Gasteiger partial charge >= 0.3 is 0 Å². The lowest BCUT2D eigenvalue weighted by Gasteiger charge is -2.03. The van der Waals surface area contributed by atoms with E-state index in [9.17, 15) is 0 Å². The first-order valence-electron chi connectivity index (χ1n) is 8.12. The molecule has 1 saturated carbocycles. The molecule has 0 radical (unpaired) electrons. The summed E-state index contributed by atoms with van der Waals surface area (Å²) >= 11 is 2.19. The Bertz CT molecular complexity index is 648. The van der Waals surface area contributed by atoms with Crippen molar-refractivity contribution in [1.82, 2.24) is 9.55 Å².